The van der Waals surface area contributed by atoms with Crippen LogP contribution in [0, 0.1) is 59.3 Å². The number of hydrogen-bond donors (Lipinski definition) is 1. The standard InChI is InChI=1S/C18H9N2O/c1-17(21)19-15-11-8-6-4-2-3-5-7-9-13-18-14-10-12-16-20-18/h10,12-14,16H,1H3,(H,19,21)/q-1/b18-13+. The van der Waals surface area contributed by atoms with E-state index in [0.717, 1.165) is 5.70 Å². The van der Waals surface area contributed by atoms with Crippen LogP contribution in [-0.2, 0) is 4.79 Å². The second-order valence-electron chi connectivity index (χ2n) is 3.35. The van der Waals surface area contributed by atoms with Crippen LogP contribution in [-0.4, -0.2) is 5.91 Å². The van der Waals surface area contributed by atoms with Gasteiger partial charge in [0.15, 0.2) is 0 Å². The van der Waals surface area contributed by atoms with E-state index in [0.29, 0.717) is 0 Å². The predicted octanol–water partition coefficient (Wildman–Crippen LogP) is 1.44. The lowest BCUT2D eigenvalue weighted by Gasteiger charge is -2.18. The molecule has 0 radical (unpaired) electrons. The van der Waals surface area contributed by atoms with Crippen LogP contribution in [0.2, 0.25) is 0 Å². The Morgan fingerprint density at radius 3 is 2.33 bits per heavy atom. The summed E-state index contributed by atoms with van der Waals surface area (Å²) >= 11 is 0. The molecule has 0 saturated carbocycles. The molecule has 1 N–H and O–H groups in total. The molecule has 0 aromatic heterocycles. The van der Waals surface area contributed by atoms with Crippen molar-refractivity contribution in [1.29, 1.82) is 0 Å². The quantitative estimate of drug-likeness (QED) is 0.525. The van der Waals surface area contributed by atoms with Crippen LogP contribution in [0.5, 0.6) is 0 Å². The smallest absolute Gasteiger partial charge is 0.228 e. The van der Waals surface area contributed by atoms with Gasteiger partial charge in [-0.25, -0.2) is 0 Å². The number of carbonyl (C=O) groups is 1. The summed E-state index contributed by atoms with van der Waals surface area (Å²) in [7, 11) is 0. The summed E-state index contributed by atoms with van der Waals surface area (Å²) in [6.07, 6.45) is 8.92. The molecule has 0 saturated heterocycles. The number of rotatable bonds is 0. The van der Waals surface area contributed by atoms with Gasteiger partial charge in [-0.05, 0) is 29.8 Å². The summed E-state index contributed by atoms with van der Waals surface area (Å²) < 4.78 is 0. The molecule has 1 aliphatic heterocycles. The molecule has 21 heavy (non-hydrogen) atoms. The van der Waals surface area contributed by atoms with Crippen LogP contribution in [0.3, 0.4) is 0 Å². The fraction of sp³-hybridized carbons (Fsp3) is 0.0556. The van der Waals surface area contributed by atoms with Crippen molar-refractivity contribution >= 4 is 5.91 Å². The second kappa shape index (κ2) is 10.2. The van der Waals surface area contributed by atoms with E-state index in [9.17, 15) is 4.79 Å². The lowest BCUT2D eigenvalue weighted by Crippen LogP contribution is -2.11. The highest BCUT2D eigenvalue weighted by atomic mass is 16.1. The molecule has 0 unspecified atom stereocenters. The molecular formula is C18H9N2O-. The van der Waals surface area contributed by atoms with E-state index in [-0.39, 0.29) is 5.91 Å². The third-order valence-electron chi connectivity index (χ3n) is 1.72. The lowest BCUT2D eigenvalue weighted by atomic mass is 10.3. The molecule has 3 heteroatoms. The van der Waals surface area contributed by atoms with Crippen molar-refractivity contribution in [2.75, 3.05) is 0 Å². The number of nitrogens with one attached hydrogen (secondary N) is 1. The van der Waals surface area contributed by atoms with E-state index < -0.39 is 0 Å². The van der Waals surface area contributed by atoms with Gasteiger partial charge in [0, 0.05) is 36.6 Å². The molecule has 0 atom stereocenters. The van der Waals surface area contributed by atoms with Crippen LogP contribution in [0.25, 0.3) is 5.32 Å². The predicted molar refractivity (Wildman–Crippen MR) is 82.4 cm³/mol. The maximum Gasteiger partial charge on any atom is 0.228 e. The SMILES string of the molecule is CC(=O)NC#CC#CC#CC#CC#C/C=C1\C=CC=C[N-]1. The van der Waals surface area contributed by atoms with Gasteiger partial charge in [0.25, 0.3) is 0 Å². The van der Waals surface area contributed by atoms with Gasteiger partial charge < -0.3 is 5.32 Å². The summed E-state index contributed by atoms with van der Waals surface area (Å²) in [5.74, 6) is 22.6. The molecule has 0 bridgehead atoms. The Bertz CT molecular complexity index is 799. The van der Waals surface area contributed by atoms with E-state index in [1.165, 1.54) is 6.92 Å². The first-order valence-corrected chi connectivity index (χ1v) is 5.80. The minimum Gasteiger partial charge on any atom is -0.664 e. The Hall–Kier alpha value is -3.71. The number of allylic oxidation sites excluding steroid dienone is 4. The van der Waals surface area contributed by atoms with E-state index in [1.807, 2.05) is 18.2 Å². The van der Waals surface area contributed by atoms with Crippen molar-refractivity contribution in [2.45, 2.75) is 6.92 Å². The van der Waals surface area contributed by atoms with E-state index in [2.05, 4.69) is 70.0 Å². The average molecular weight is 269 g/mol. The summed E-state index contributed by atoms with van der Waals surface area (Å²) in [6.45, 7) is 1.36. The van der Waals surface area contributed by atoms with Crippen LogP contribution in [0.4, 0.5) is 0 Å². The molecule has 0 aromatic carbocycles. The van der Waals surface area contributed by atoms with E-state index >= 15 is 0 Å². The topological polar surface area (TPSA) is 43.2 Å². The number of hydrogen-bond acceptors (Lipinski definition) is 1. The van der Waals surface area contributed by atoms with Crippen molar-refractivity contribution in [1.82, 2.24) is 5.32 Å². The molecule has 0 aromatic rings. The molecule has 1 aliphatic rings. The Morgan fingerprint density at radius 2 is 1.71 bits per heavy atom. The minimum atomic E-state index is -0.234. The molecule has 0 fully saturated rings. The van der Waals surface area contributed by atoms with Gasteiger partial charge in [0.1, 0.15) is 0 Å². The summed E-state index contributed by atoms with van der Waals surface area (Å²) in [4.78, 5) is 10.5. The first-order chi connectivity index (χ1) is 10.3. The maximum absolute atomic E-state index is 10.5. The fourth-order valence-electron chi connectivity index (χ4n) is 0.945. The third kappa shape index (κ3) is 8.94. The zero-order chi connectivity index (χ0) is 15.2. The Morgan fingerprint density at radius 1 is 1.05 bits per heavy atom. The second-order valence-corrected chi connectivity index (χ2v) is 3.35. The van der Waals surface area contributed by atoms with Gasteiger partial charge in [-0.2, -0.15) is 6.20 Å². The van der Waals surface area contributed by atoms with Crippen LogP contribution < -0.4 is 5.32 Å². The zero-order valence-corrected chi connectivity index (χ0v) is 11.2. The Labute approximate surface area is 124 Å². The summed E-state index contributed by atoms with van der Waals surface area (Å²) in [5.41, 5.74) is 0.779. The van der Waals surface area contributed by atoms with E-state index in [1.54, 1.807) is 12.3 Å². The normalized spacial score (nSPS) is 11.4. The van der Waals surface area contributed by atoms with E-state index in [4.69, 9.17) is 0 Å². The van der Waals surface area contributed by atoms with Crippen molar-refractivity contribution in [3.8, 4) is 59.3 Å². The average Bonchev–Trinajstić information content (AvgIpc) is 2.49. The van der Waals surface area contributed by atoms with Crippen LogP contribution in [0.1, 0.15) is 6.92 Å². The van der Waals surface area contributed by atoms with Gasteiger partial charge in [-0.15, -0.1) is 5.70 Å². The number of amides is 1. The van der Waals surface area contributed by atoms with Gasteiger partial charge in [-0.1, -0.05) is 24.1 Å². The molecule has 1 heterocycles. The number of nitrogens with zero attached hydrogens (tertiary/aromatic N) is 1. The summed E-state index contributed by atoms with van der Waals surface area (Å²) in [5, 5.41) is 6.36. The molecule has 0 aliphatic carbocycles. The van der Waals surface area contributed by atoms with Crippen LogP contribution >= 0.6 is 0 Å². The molecule has 0 spiro atoms. The zero-order valence-electron chi connectivity index (χ0n) is 11.2. The Balaban J connectivity index is 2.41. The van der Waals surface area contributed by atoms with Gasteiger partial charge in [0.05, 0.1) is 0 Å². The van der Waals surface area contributed by atoms with Gasteiger partial charge in [-0.3, -0.25) is 10.1 Å². The van der Waals surface area contributed by atoms with Gasteiger partial charge in [0.2, 0.25) is 5.91 Å². The maximum atomic E-state index is 10.5. The third-order valence-corrected chi connectivity index (χ3v) is 1.72. The Kier molecular flexibility index (Phi) is 7.48. The molecule has 3 nitrogen and oxygen atoms in total. The number of carbonyl (C=O) groups excluding carboxylic acids is 1. The first-order valence-electron chi connectivity index (χ1n) is 5.80. The minimum absolute atomic E-state index is 0.234. The fourth-order valence-corrected chi connectivity index (χ4v) is 0.945. The van der Waals surface area contributed by atoms with Crippen LogP contribution in [0.15, 0.2) is 36.2 Å². The molecule has 1 rings (SSSR count). The first kappa shape index (κ1) is 15.3. The lowest BCUT2D eigenvalue weighted by molar-refractivity contribution is -0.117. The van der Waals surface area contributed by atoms with Crippen molar-refractivity contribution < 1.29 is 4.79 Å². The molecule has 98 valence electrons. The summed E-state index contributed by atoms with van der Waals surface area (Å²) in [6, 6.07) is 2.36. The largest absolute Gasteiger partial charge is 0.664 e. The highest BCUT2D eigenvalue weighted by Gasteiger charge is 1.78. The van der Waals surface area contributed by atoms with Gasteiger partial charge >= 0.3 is 0 Å². The molecular weight excluding hydrogens is 260 g/mol. The monoisotopic (exact) mass is 269 g/mol. The highest BCUT2D eigenvalue weighted by molar-refractivity contribution is 5.74. The van der Waals surface area contributed by atoms with Crippen molar-refractivity contribution in [3.63, 3.8) is 0 Å². The molecule has 1 amide bonds. The van der Waals surface area contributed by atoms with Crippen molar-refractivity contribution in [2.24, 2.45) is 0 Å². The highest BCUT2D eigenvalue weighted by Crippen LogP contribution is 2.11. The van der Waals surface area contributed by atoms with Crippen molar-refractivity contribution in [3.05, 3.63) is 41.5 Å².